The molecule has 0 aliphatic rings. The van der Waals surface area contributed by atoms with Gasteiger partial charge in [-0.2, -0.15) is 0 Å². The maximum atomic E-state index is 11.6. The van der Waals surface area contributed by atoms with E-state index in [2.05, 4.69) is 23.5 Å². The number of carbonyl (C=O) groups excluding carboxylic acids is 1. The third kappa shape index (κ3) is 4.14. The molecule has 0 radical (unpaired) electrons. The number of methoxy groups -OCH3 is 1. The summed E-state index contributed by atoms with van der Waals surface area (Å²) in [6, 6.07) is 23.3. The molecule has 0 saturated carbocycles. The molecule has 3 N–H and O–H groups in total. The Morgan fingerprint density at radius 2 is 1.68 bits per heavy atom. The standard InChI is InChI=1S/C20H18N2O2S/c1-24-20(23)14-11-12-17(16(21)13-14)22-18-9-5-6-10-19(18)25-15-7-3-2-4-8-15/h2-13,22H,21H2,1H3. The number of rotatable bonds is 5. The number of benzene rings is 3. The number of carbonyl (C=O) groups is 1. The zero-order valence-electron chi connectivity index (χ0n) is 13.7. The highest BCUT2D eigenvalue weighted by atomic mass is 32.2. The van der Waals surface area contributed by atoms with E-state index in [4.69, 9.17) is 10.5 Å². The number of nitrogens with one attached hydrogen (secondary N) is 1. The Balaban J connectivity index is 1.85. The fraction of sp³-hybridized carbons (Fsp3) is 0.0500. The van der Waals surface area contributed by atoms with E-state index in [0.717, 1.165) is 21.2 Å². The van der Waals surface area contributed by atoms with Gasteiger partial charge in [0.25, 0.3) is 0 Å². The van der Waals surface area contributed by atoms with Crippen LogP contribution < -0.4 is 11.1 Å². The lowest BCUT2D eigenvalue weighted by Gasteiger charge is -2.14. The monoisotopic (exact) mass is 350 g/mol. The number of nitrogen functional groups attached to an aromatic ring is 1. The van der Waals surface area contributed by atoms with Gasteiger partial charge in [-0.05, 0) is 42.5 Å². The molecule has 0 heterocycles. The SMILES string of the molecule is COC(=O)c1ccc(Nc2ccccc2Sc2ccccc2)c(N)c1. The van der Waals surface area contributed by atoms with E-state index in [0.29, 0.717) is 11.3 Å². The summed E-state index contributed by atoms with van der Waals surface area (Å²) in [5.41, 5.74) is 8.70. The molecule has 0 aromatic heterocycles. The van der Waals surface area contributed by atoms with Gasteiger partial charge >= 0.3 is 5.97 Å². The molecule has 0 bridgehead atoms. The van der Waals surface area contributed by atoms with Crippen molar-refractivity contribution in [2.24, 2.45) is 0 Å². The molecule has 0 unspecified atom stereocenters. The van der Waals surface area contributed by atoms with E-state index >= 15 is 0 Å². The number of para-hydroxylation sites is 1. The highest BCUT2D eigenvalue weighted by molar-refractivity contribution is 7.99. The van der Waals surface area contributed by atoms with Gasteiger partial charge in [-0.3, -0.25) is 0 Å². The smallest absolute Gasteiger partial charge is 0.337 e. The molecule has 0 spiro atoms. The van der Waals surface area contributed by atoms with E-state index < -0.39 is 5.97 Å². The highest BCUT2D eigenvalue weighted by Crippen LogP contribution is 2.35. The summed E-state index contributed by atoms with van der Waals surface area (Å²) in [5, 5.41) is 3.35. The average molecular weight is 350 g/mol. The lowest BCUT2D eigenvalue weighted by molar-refractivity contribution is 0.0601. The highest BCUT2D eigenvalue weighted by Gasteiger charge is 2.10. The molecular weight excluding hydrogens is 332 g/mol. The number of hydrogen-bond acceptors (Lipinski definition) is 5. The number of hydrogen-bond donors (Lipinski definition) is 2. The fourth-order valence-electron chi connectivity index (χ4n) is 2.34. The van der Waals surface area contributed by atoms with Gasteiger partial charge in [-0.15, -0.1) is 0 Å². The van der Waals surface area contributed by atoms with Crippen LogP contribution >= 0.6 is 11.8 Å². The lowest BCUT2D eigenvalue weighted by atomic mass is 10.1. The van der Waals surface area contributed by atoms with Crippen molar-refractivity contribution in [1.82, 2.24) is 0 Å². The second kappa shape index (κ2) is 7.77. The summed E-state index contributed by atoms with van der Waals surface area (Å²) in [6.07, 6.45) is 0. The van der Waals surface area contributed by atoms with Gasteiger partial charge in [0.1, 0.15) is 0 Å². The fourth-order valence-corrected chi connectivity index (χ4v) is 3.26. The molecule has 0 saturated heterocycles. The molecule has 0 atom stereocenters. The zero-order chi connectivity index (χ0) is 17.6. The van der Waals surface area contributed by atoms with Gasteiger partial charge in [0.2, 0.25) is 0 Å². The zero-order valence-corrected chi connectivity index (χ0v) is 14.5. The van der Waals surface area contributed by atoms with Gasteiger partial charge in [-0.25, -0.2) is 4.79 Å². The number of ether oxygens (including phenoxy) is 1. The first kappa shape index (κ1) is 16.9. The second-order valence-electron chi connectivity index (χ2n) is 5.33. The van der Waals surface area contributed by atoms with Crippen LogP contribution in [0.15, 0.2) is 82.6 Å². The molecule has 0 aliphatic carbocycles. The van der Waals surface area contributed by atoms with Crippen LogP contribution in [0.3, 0.4) is 0 Å². The lowest BCUT2D eigenvalue weighted by Crippen LogP contribution is -2.04. The summed E-state index contributed by atoms with van der Waals surface area (Å²) in [5.74, 6) is -0.404. The first-order chi connectivity index (χ1) is 12.2. The van der Waals surface area contributed by atoms with Gasteiger partial charge in [0.15, 0.2) is 0 Å². The molecule has 126 valence electrons. The summed E-state index contributed by atoms with van der Waals surface area (Å²) < 4.78 is 4.72. The molecule has 0 fully saturated rings. The Morgan fingerprint density at radius 1 is 0.960 bits per heavy atom. The molecule has 3 aromatic rings. The number of nitrogens with two attached hydrogens (primary N) is 1. The molecular formula is C20H18N2O2S. The molecule has 25 heavy (non-hydrogen) atoms. The molecule has 5 heteroatoms. The quantitative estimate of drug-likeness (QED) is 0.503. The van der Waals surface area contributed by atoms with Crippen molar-refractivity contribution in [3.63, 3.8) is 0 Å². The first-order valence-corrected chi connectivity index (χ1v) is 8.56. The number of esters is 1. The van der Waals surface area contributed by atoms with Gasteiger partial charge < -0.3 is 15.8 Å². The Morgan fingerprint density at radius 3 is 2.40 bits per heavy atom. The van der Waals surface area contributed by atoms with Gasteiger partial charge in [-0.1, -0.05) is 42.1 Å². The Kier molecular flexibility index (Phi) is 5.26. The normalized spacial score (nSPS) is 10.3. The van der Waals surface area contributed by atoms with Crippen LogP contribution in [-0.4, -0.2) is 13.1 Å². The molecule has 0 amide bonds. The Hall–Kier alpha value is -2.92. The van der Waals surface area contributed by atoms with Gasteiger partial charge in [0, 0.05) is 9.79 Å². The van der Waals surface area contributed by atoms with Crippen LogP contribution in [0, 0.1) is 0 Å². The molecule has 0 aliphatic heterocycles. The van der Waals surface area contributed by atoms with Crippen molar-refractivity contribution in [2.45, 2.75) is 9.79 Å². The van der Waals surface area contributed by atoms with E-state index in [9.17, 15) is 4.79 Å². The predicted molar refractivity (Wildman–Crippen MR) is 102 cm³/mol. The first-order valence-electron chi connectivity index (χ1n) is 7.74. The molecule has 3 aromatic carbocycles. The van der Waals surface area contributed by atoms with Crippen molar-refractivity contribution in [2.75, 3.05) is 18.2 Å². The third-order valence-electron chi connectivity index (χ3n) is 3.60. The van der Waals surface area contributed by atoms with E-state index in [-0.39, 0.29) is 0 Å². The third-order valence-corrected chi connectivity index (χ3v) is 4.68. The molecule has 3 rings (SSSR count). The summed E-state index contributed by atoms with van der Waals surface area (Å²) in [6.45, 7) is 0. The van der Waals surface area contributed by atoms with Gasteiger partial charge in [0.05, 0.1) is 29.7 Å². The van der Waals surface area contributed by atoms with Crippen LogP contribution in [0.25, 0.3) is 0 Å². The van der Waals surface area contributed by atoms with E-state index in [1.807, 2.05) is 36.4 Å². The largest absolute Gasteiger partial charge is 0.465 e. The number of anilines is 3. The topological polar surface area (TPSA) is 64.3 Å². The van der Waals surface area contributed by atoms with Crippen molar-refractivity contribution in [3.8, 4) is 0 Å². The van der Waals surface area contributed by atoms with Crippen LogP contribution in [0.2, 0.25) is 0 Å². The average Bonchev–Trinajstić information content (AvgIpc) is 2.65. The van der Waals surface area contributed by atoms with Crippen molar-refractivity contribution in [1.29, 1.82) is 0 Å². The van der Waals surface area contributed by atoms with E-state index in [1.54, 1.807) is 30.0 Å². The van der Waals surface area contributed by atoms with Crippen LogP contribution in [0.1, 0.15) is 10.4 Å². The van der Waals surface area contributed by atoms with E-state index in [1.165, 1.54) is 7.11 Å². The van der Waals surface area contributed by atoms with Crippen molar-refractivity contribution >= 4 is 34.8 Å². The summed E-state index contributed by atoms with van der Waals surface area (Å²) >= 11 is 1.67. The minimum atomic E-state index is -0.404. The minimum Gasteiger partial charge on any atom is -0.465 e. The van der Waals surface area contributed by atoms with Crippen LogP contribution in [0.5, 0.6) is 0 Å². The predicted octanol–water partition coefficient (Wildman–Crippen LogP) is 4.95. The maximum Gasteiger partial charge on any atom is 0.337 e. The summed E-state index contributed by atoms with van der Waals surface area (Å²) in [4.78, 5) is 13.8. The van der Waals surface area contributed by atoms with Crippen LogP contribution in [-0.2, 0) is 4.74 Å². The molecule has 4 nitrogen and oxygen atoms in total. The second-order valence-corrected chi connectivity index (χ2v) is 6.45. The van der Waals surface area contributed by atoms with Crippen molar-refractivity contribution in [3.05, 3.63) is 78.4 Å². The minimum absolute atomic E-state index is 0.404. The van der Waals surface area contributed by atoms with Crippen molar-refractivity contribution < 1.29 is 9.53 Å². The Labute approximate surface area is 151 Å². The van der Waals surface area contributed by atoms with Crippen LogP contribution in [0.4, 0.5) is 17.1 Å². The Bertz CT molecular complexity index is 882. The summed E-state index contributed by atoms with van der Waals surface area (Å²) in [7, 11) is 1.35. The maximum absolute atomic E-state index is 11.6.